The second-order valence-corrected chi connectivity index (χ2v) is 4.20. The van der Waals surface area contributed by atoms with Crippen LogP contribution in [0.5, 0.6) is 0 Å². The van der Waals surface area contributed by atoms with E-state index in [4.69, 9.17) is 10.2 Å². The minimum Gasteiger partial charge on any atom is -0.436 e. The lowest BCUT2D eigenvalue weighted by Gasteiger charge is -2.15. The topological polar surface area (TPSA) is 81.1 Å². The second-order valence-electron chi connectivity index (χ2n) is 4.20. The monoisotopic (exact) mass is 239 g/mol. The second kappa shape index (κ2) is 6.39. The molecule has 0 aliphatic carbocycles. The largest absolute Gasteiger partial charge is 0.436 e. The quantitative estimate of drug-likeness (QED) is 0.789. The maximum Gasteiger partial charge on any atom is 0.289 e. The molecule has 0 spiro atoms. The maximum atomic E-state index is 11.9. The standard InChI is InChI=1S/C12H21N3O2/c1-4-5-6-10(7-13)15-12(16)11-8(2)14-9(3)17-11/h10H,4-7,13H2,1-3H3,(H,15,16). The van der Waals surface area contributed by atoms with Crippen LogP contribution >= 0.6 is 0 Å². The van der Waals surface area contributed by atoms with E-state index in [-0.39, 0.29) is 17.7 Å². The fourth-order valence-corrected chi connectivity index (χ4v) is 1.69. The number of carbonyl (C=O) groups is 1. The summed E-state index contributed by atoms with van der Waals surface area (Å²) in [5, 5.41) is 2.87. The number of unbranched alkanes of at least 4 members (excludes halogenated alkanes) is 1. The number of hydrogen-bond acceptors (Lipinski definition) is 4. The lowest BCUT2D eigenvalue weighted by atomic mass is 10.1. The average Bonchev–Trinajstić information content (AvgIpc) is 2.63. The van der Waals surface area contributed by atoms with Crippen LogP contribution in [0.3, 0.4) is 0 Å². The highest BCUT2D eigenvalue weighted by atomic mass is 16.4. The van der Waals surface area contributed by atoms with Crippen LogP contribution in [0.25, 0.3) is 0 Å². The Labute approximate surface area is 102 Å². The van der Waals surface area contributed by atoms with Gasteiger partial charge in [0.05, 0.1) is 5.69 Å². The molecular weight excluding hydrogens is 218 g/mol. The van der Waals surface area contributed by atoms with Gasteiger partial charge in [-0.25, -0.2) is 4.98 Å². The number of nitrogens with two attached hydrogens (primary N) is 1. The van der Waals surface area contributed by atoms with Crippen LogP contribution in [0, 0.1) is 13.8 Å². The van der Waals surface area contributed by atoms with E-state index < -0.39 is 0 Å². The van der Waals surface area contributed by atoms with E-state index in [0.29, 0.717) is 18.1 Å². The summed E-state index contributed by atoms with van der Waals surface area (Å²) in [6.07, 6.45) is 3.04. The molecule has 3 N–H and O–H groups in total. The molecule has 0 aliphatic rings. The number of aromatic nitrogens is 1. The Morgan fingerprint density at radius 3 is 2.71 bits per heavy atom. The zero-order valence-corrected chi connectivity index (χ0v) is 10.7. The Morgan fingerprint density at radius 2 is 2.24 bits per heavy atom. The molecule has 0 bridgehead atoms. The molecule has 1 amide bonds. The van der Waals surface area contributed by atoms with Crippen molar-refractivity contribution in [2.45, 2.75) is 46.1 Å². The lowest BCUT2D eigenvalue weighted by molar-refractivity contribution is 0.0905. The Balaban J connectivity index is 2.61. The Bertz CT molecular complexity index is 374. The van der Waals surface area contributed by atoms with Gasteiger partial charge in [-0.15, -0.1) is 0 Å². The van der Waals surface area contributed by atoms with Crippen LogP contribution < -0.4 is 11.1 Å². The maximum absolute atomic E-state index is 11.9. The first-order valence-electron chi connectivity index (χ1n) is 6.03. The first-order chi connectivity index (χ1) is 8.08. The molecule has 1 aromatic rings. The predicted molar refractivity (Wildman–Crippen MR) is 65.8 cm³/mol. The van der Waals surface area contributed by atoms with Crippen molar-refractivity contribution in [1.29, 1.82) is 0 Å². The number of nitrogens with one attached hydrogen (secondary N) is 1. The highest BCUT2D eigenvalue weighted by Gasteiger charge is 2.18. The number of rotatable bonds is 6. The fourth-order valence-electron chi connectivity index (χ4n) is 1.69. The van der Waals surface area contributed by atoms with Crippen molar-refractivity contribution in [2.75, 3.05) is 6.54 Å². The molecule has 0 saturated carbocycles. The summed E-state index contributed by atoms with van der Waals surface area (Å²) in [5.74, 6) is 0.567. The lowest BCUT2D eigenvalue weighted by Crippen LogP contribution is -2.40. The van der Waals surface area contributed by atoms with E-state index in [1.54, 1.807) is 13.8 Å². The summed E-state index contributed by atoms with van der Waals surface area (Å²) in [5.41, 5.74) is 6.24. The number of oxazole rings is 1. The summed E-state index contributed by atoms with van der Waals surface area (Å²) >= 11 is 0. The van der Waals surface area contributed by atoms with E-state index in [0.717, 1.165) is 19.3 Å². The summed E-state index contributed by atoms with van der Waals surface area (Å²) in [4.78, 5) is 16.0. The SMILES string of the molecule is CCCCC(CN)NC(=O)c1oc(C)nc1C. The van der Waals surface area contributed by atoms with Crippen molar-refractivity contribution in [2.24, 2.45) is 5.73 Å². The number of amides is 1. The zero-order chi connectivity index (χ0) is 12.8. The van der Waals surface area contributed by atoms with Crippen LogP contribution in [-0.2, 0) is 0 Å². The third kappa shape index (κ3) is 3.85. The molecule has 0 aromatic carbocycles. The minimum absolute atomic E-state index is 0.00672. The average molecular weight is 239 g/mol. The van der Waals surface area contributed by atoms with Crippen molar-refractivity contribution in [1.82, 2.24) is 10.3 Å². The molecule has 0 radical (unpaired) electrons. The van der Waals surface area contributed by atoms with Crippen molar-refractivity contribution in [3.8, 4) is 0 Å². The molecule has 1 unspecified atom stereocenters. The highest BCUT2D eigenvalue weighted by molar-refractivity contribution is 5.92. The molecular formula is C12H21N3O2. The normalized spacial score (nSPS) is 12.5. The minimum atomic E-state index is -0.227. The van der Waals surface area contributed by atoms with E-state index >= 15 is 0 Å². The number of hydrogen-bond donors (Lipinski definition) is 2. The third-order valence-electron chi connectivity index (χ3n) is 2.64. The summed E-state index contributed by atoms with van der Waals surface area (Å²) in [7, 11) is 0. The first kappa shape index (κ1) is 13.7. The van der Waals surface area contributed by atoms with Crippen molar-refractivity contribution in [3.05, 3.63) is 17.3 Å². The number of carbonyl (C=O) groups excluding carboxylic acids is 1. The molecule has 0 saturated heterocycles. The fraction of sp³-hybridized carbons (Fsp3) is 0.667. The molecule has 1 aromatic heterocycles. The van der Waals surface area contributed by atoms with E-state index in [9.17, 15) is 4.79 Å². The molecule has 17 heavy (non-hydrogen) atoms. The molecule has 5 nitrogen and oxygen atoms in total. The van der Waals surface area contributed by atoms with E-state index in [1.807, 2.05) is 0 Å². The zero-order valence-electron chi connectivity index (χ0n) is 10.7. The van der Waals surface area contributed by atoms with Gasteiger partial charge >= 0.3 is 0 Å². The van der Waals surface area contributed by atoms with Gasteiger partial charge in [0.1, 0.15) is 0 Å². The van der Waals surface area contributed by atoms with Gasteiger partial charge < -0.3 is 15.5 Å². The van der Waals surface area contributed by atoms with Gasteiger partial charge in [-0.2, -0.15) is 0 Å². The van der Waals surface area contributed by atoms with Crippen molar-refractivity contribution in [3.63, 3.8) is 0 Å². The first-order valence-corrected chi connectivity index (χ1v) is 6.03. The van der Waals surface area contributed by atoms with Gasteiger partial charge in [0.25, 0.3) is 5.91 Å². The molecule has 0 fully saturated rings. The Kier molecular flexibility index (Phi) is 5.15. The number of nitrogens with zero attached hydrogens (tertiary/aromatic N) is 1. The molecule has 5 heteroatoms. The molecule has 1 heterocycles. The van der Waals surface area contributed by atoms with E-state index in [2.05, 4.69) is 17.2 Å². The Morgan fingerprint density at radius 1 is 1.53 bits per heavy atom. The molecule has 0 aliphatic heterocycles. The van der Waals surface area contributed by atoms with Crippen LogP contribution in [-0.4, -0.2) is 23.5 Å². The van der Waals surface area contributed by atoms with Gasteiger partial charge in [0.15, 0.2) is 5.89 Å². The van der Waals surface area contributed by atoms with Crippen LogP contribution in [0.15, 0.2) is 4.42 Å². The Hall–Kier alpha value is -1.36. The van der Waals surface area contributed by atoms with E-state index in [1.165, 1.54) is 0 Å². The van der Waals surface area contributed by atoms with Gasteiger partial charge in [-0.1, -0.05) is 19.8 Å². The summed E-state index contributed by atoms with van der Waals surface area (Å²) in [6.45, 7) is 6.04. The van der Waals surface area contributed by atoms with Crippen molar-refractivity contribution < 1.29 is 9.21 Å². The summed E-state index contributed by atoms with van der Waals surface area (Å²) < 4.78 is 5.26. The third-order valence-corrected chi connectivity index (χ3v) is 2.64. The summed E-state index contributed by atoms with van der Waals surface area (Å²) in [6, 6.07) is 0.00672. The van der Waals surface area contributed by atoms with Crippen LogP contribution in [0.1, 0.15) is 48.3 Å². The van der Waals surface area contributed by atoms with Gasteiger partial charge in [0, 0.05) is 19.5 Å². The molecule has 1 rings (SSSR count). The molecule has 1 atom stereocenters. The van der Waals surface area contributed by atoms with Crippen LogP contribution in [0.4, 0.5) is 0 Å². The van der Waals surface area contributed by atoms with Gasteiger partial charge in [-0.05, 0) is 13.3 Å². The van der Waals surface area contributed by atoms with Gasteiger partial charge in [-0.3, -0.25) is 4.79 Å². The molecule has 96 valence electrons. The number of aryl methyl sites for hydroxylation is 2. The predicted octanol–water partition coefficient (Wildman–Crippen LogP) is 1.54. The van der Waals surface area contributed by atoms with Gasteiger partial charge in [0.2, 0.25) is 5.76 Å². The smallest absolute Gasteiger partial charge is 0.289 e. The van der Waals surface area contributed by atoms with Crippen LogP contribution in [0.2, 0.25) is 0 Å². The van der Waals surface area contributed by atoms with Crippen molar-refractivity contribution >= 4 is 5.91 Å². The highest BCUT2D eigenvalue weighted by Crippen LogP contribution is 2.10.